The van der Waals surface area contributed by atoms with Crippen molar-refractivity contribution in [2.24, 2.45) is 5.11 Å². The van der Waals surface area contributed by atoms with E-state index in [1.807, 2.05) is 20.8 Å². The van der Waals surface area contributed by atoms with Crippen LogP contribution in [0, 0.1) is 0 Å². The van der Waals surface area contributed by atoms with Crippen LogP contribution < -0.4 is 0 Å². The molecule has 7 heteroatoms. The molecule has 0 N–H and O–H groups in total. The summed E-state index contributed by atoms with van der Waals surface area (Å²) in [6.45, 7) is 7.96. The number of azide groups is 1. The van der Waals surface area contributed by atoms with Gasteiger partial charge in [-0.15, -0.1) is 0 Å². The van der Waals surface area contributed by atoms with Crippen LogP contribution in [0.1, 0.15) is 27.2 Å². The van der Waals surface area contributed by atoms with E-state index in [1.165, 1.54) is 0 Å². The van der Waals surface area contributed by atoms with Gasteiger partial charge >= 0.3 is 8.80 Å². The molecule has 16 heavy (non-hydrogen) atoms. The van der Waals surface area contributed by atoms with Crippen molar-refractivity contribution in [3.8, 4) is 0 Å². The standard InChI is InChI=1S/C9H21N3O3Si/c1-4-13-16(14-5-2,15-6-3)9-7-8-11-12-10/h4-9H2,1-3H3. The first-order valence-electron chi connectivity index (χ1n) is 5.67. The Labute approximate surface area is 97.9 Å². The van der Waals surface area contributed by atoms with Gasteiger partial charge in [-0.1, -0.05) is 5.11 Å². The van der Waals surface area contributed by atoms with Crippen molar-refractivity contribution >= 4 is 8.80 Å². The first-order valence-corrected chi connectivity index (χ1v) is 7.60. The molecule has 0 heterocycles. The van der Waals surface area contributed by atoms with Crippen LogP contribution in [0.4, 0.5) is 0 Å². The zero-order valence-corrected chi connectivity index (χ0v) is 11.3. The largest absolute Gasteiger partial charge is 0.500 e. The zero-order chi connectivity index (χ0) is 12.3. The predicted octanol–water partition coefficient (Wildman–Crippen LogP) is 2.74. The van der Waals surface area contributed by atoms with Crippen molar-refractivity contribution in [3.05, 3.63) is 10.4 Å². The van der Waals surface area contributed by atoms with Gasteiger partial charge < -0.3 is 13.3 Å². The average Bonchev–Trinajstić information content (AvgIpc) is 2.26. The van der Waals surface area contributed by atoms with Crippen molar-refractivity contribution in [1.29, 1.82) is 0 Å². The minimum Gasteiger partial charge on any atom is -0.374 e. The molecule has 0 amide bonds. The highest BCUT2D eigenvalue weighted by molar-refractivity contribution is 6.60. The Morgan fingerprint density at radius 2 is 1.56 bits per heavy atom. The van der Waals surface area contributed by atoms with E-state index in [2.05, 4.69) is 10.0 Å². The summed E-state index contributed by atoms with van der Waals surface area (Å²) in [5, 5.41) is 3.49. The van der Waals surface area contributed by atoms with Crippen molar-refractivity contribution in [2.45, 2.75) is 33.2 Å². The molecule has 0 rings (SSSR count). The van der Waals surface area contributed by atoms with Crippen LogP contribution in [-0.2, 0) is 13.3 Å². The molecule has 0 fully saturated rings. The van der Waals surface area contributed by atoms with Gasteiger partial charge in [0, 0.05) is 37.3 Å². The molecule has 0 spiro atoms. The molecule has 0 saturated carbocycles. The quantitative estimate of drug-likeness (QED) is 0.196. The summed E-state index contributed by atoms with van der Waals surface area (Å²) < 4.78 is 17.0. The van der Waals surface area contributed by atoms with Crippen LogP contribution in [-0.4, -0.2) is 35.2 Å². The molecule has 0 radical (unpaired) electrons. The summed E-state index contributed by atoms with van der Waals surface area (Å²) >= 11 is 0. The second kappa shape index (κ2) is 9.62. The molecule has 0 aromatic carbocycles. The molecule has 94 valence electrons. The number of hydrogen-bond acceptors (Lipinski definition) is 4. The summed E-state index contributed by atoms with van der Waals surface area (Å²) in [5.74, 6) is 0. The lowest BCUT2D eigenvalue weighted by Gasteiger charge is -2.28. The first-order chi connectivity index (χ1) is 7.74. The van der Waals surface area contributed by atoms with E-state index in [-0.39, 0.29) is 0 Å². The molecule has 0 aromatic rings. The lowest BCUT2D eigenvalue weighted by Crippen LogP contribution is -2.46. The monoisotopic (exact) mass is 247 g/mol. The van der Waals surface area contributed by atoms with Crippen LogP contribution in [0.5, 0.6) is 0 Å². The van der Waals surface area contributed by atoms with E-state index in [0.29, 0.717) is 32.4 Å². The van der Waals surface area contributed by atoms with Crippen LogP contribution in [0.3, 0.4) is 0 Å². The maximum absolute atomic E-state index is 8.18. The molecular weight excluding hydrogens is 226 g/mol. The topological polar surface area (TPSA) is 76.5 Å². The second-order valence-electron chi connectivity index (χ2n) is 3.04. The first kappa shape index (κ1) is 15.4. The highest BCUT2D eigenvalue weighted by atomic mass is 28.4. The molecule has 0 unspecified atom stereocenters. The lowest BCUT2D eigenvalue weighted by atomic mass is 10.5. The minimum absolute atomic E-state index is 0.457. The fraction of sp³-hybridized carbons (Fsp3) is 1.00. The highest BCUT2D eigenvalue weighted by Crippen LogP contribution is 2.18. The highest BCUT2D eigenvalue weighted by Gasteiger charge is 2.39. The maximum Gasteiger partial charge on any atom is 0.500 e. The van der Waals surface area contributed by atoms with Crippen LogP contribution in [0.2, 0.25) is 6.04 Å². The van der Waals surface area contributed by atoms with Crippen LogP contribution in [0.15, 0.2) is 5.11 Å². The number of rotatable bonds is 10. The van der Waals surface area contributed by atoms with Gasteiger partial charge in [0.05, 0.1) is 0 Å². The minimum atomic E-state index is -2.53. The van der Waals surface area contributed by atoms with E-state index < -0.39 is 8.80 Å². The molecule has 0 atom stereocenters. The molecular formula is C9H21N3O3Si. The van der Waals surface area contributed by atoms with Crippen LogP contribution >= 0.6 is 0 Å². The average molecular weight is 247 g/mol. The normalized spacial score (nSPS) is 11.2. The molecule has 0 aliphatic heterocycles. The zero-order valence-electron chi connectivity index (χ0n) is 10.3. The number of hydrogen-bond donors (Lipinski definition) is 0. The summed E-state index contributed by atoms with van der Waals surface area (Å²) in [7, 11) is -2.53. The summed E-state index contributed by atoms with van der Waals surface area (Å²) in [5.41, 5.74) is 8.18. The van der Waals surface area contributed by atoms with Crippen molar-refractivity contribution in [1.82, 2.24) is 0 Å². The van der Waals surface area contributed by atoms with E-state index in [4.69, 9.17) is 18.8 Å². The van der Waals surface area contributed by atoms with Gasteiger partial charge in [-0.25, -0.2) is 0 Å². The Hall–Kier alpha value is -0.593. The van der Waals surface area contributed by atoms with Crippen molar-refractivity contribution in [2.75, 3.05) is 26.4 Å². The Morgan fingerprint density at radius 1 is 1.06 bits per heavy atom. The van der Waals surface area contributed by atoms with Gasteiger partial charge in [0.15, 0.2) is 0 Å². The fourth-order valence-electron chi connectivity index (χ4n) is 1.41. The van der Waals surface area contributed by atoms with E-state index in [1.54, 1.807) is 0 Å². The van der Waals surface area contributed by atoms with Gasteiger partial charge in [-0.05, 0) is 32.7 Å². The SMILES string of the molecule is CCO[Si](CCCN=[N+]=[N-])(OCC)OCC. The van der Waals surface area contributed by atoms with Crippen molar-refractivity contribution < 1.29 is 13.3 Å². The second-order valence-corrected chi connectivity index (χ2v) is 5.77. The van der Waals surface area contributed by atoms with Crippen molar-refractivity contribution in [3.63, 3.8) is 0 Å². The maximum atomic E-state index is 8.18. The Balaban J connectivity index is 4.27. The molecule has 0 aliphatic rings. The fourth-order valence-corrected chi connectivity index (χ4v) is 4.01. The van der Waals surface area contributed by atoms with Gasteiger partial charge in [0.2, 0.25) is 0 Å². The third-order valence-corrected chi connectivity index (χ3v) is 5.05. The predicted molar refractivity (Wildman–Crippen MR) is 64.1 cm³/mol. The van der Waals surface area contributed by atoms with E-state index in [0.717, 1.165) is 6.42 Å². The van der Waals surface area contributed by atoms with Crippen LogP contribution in [0.25, 0.3) is 10.4 Å². The van der Waals surface area contributed by atoms with Gasteiger partial charge in [-0.2, -0.15) is 0 Å². The van der Waals surface area contributed by atoms with E-state index >= 15 is 0 Å². The summed E-state index contributed by atoms with van der Waals surface area (Å²) in [6, 6.07) is 0.696. The third kappa shape index (κ3) is 6.09. The summed E-state index contributed by atoms with van der Waals surface area (Å²) in [6.07, 6.45) is 0.732. The lowest BCUT2D eigenvalue weighted by molar-refractivity contribution is 0.0710. The van der Waals surface area contributed by atoms with Gasteiger partial charge in [0.25, 0.3) is 0 Å². The Morgan fingerprint density at radius 3 is 1.94 bits per heavy atom. The molecule has 0 bridgehead atoms. The van der Waals surface area contributed by atoms with Gasteiger partial charge in [0.1, 0.15) is 0 Å². The molecule has 0 aliphatic carbocycles. The number of nitrogens with zero attached hydrogens (tertiary/aromatic N) is 3. The van der Waals surface area contributed by atoms with E-state index in [9.17, 15) is 0 Å². The Kier molecular flexibility index (Phi) is 9.26. The third-order valence-electron chi connectivity index (χ3n) is 1.90. The molecule has 0 aromatic heterocycles. The van der Waals surface area contributed by atoms with Gasteiger partial charge in [-0.3, -0.25) is 0 Å². The smallest absolute Gasteiger partial charge is 0.374 e. The summed E-state index contributed by atoms with van der Waals surface area (Å²) in [4.78, 5) is 2.71. The molecule has 0 saturated heterocycles. The Bertz CT molecular complexity index is 205. The molecule has 6 nitrogen and oxygen atoms in total.